The molecule has 0 spiro atoms. The van der Waals surface area contributed by atoms with Crippen molar-refractivity contribution < 1.29 is 14.4 Å². The lowest BCUT2D eigenvalue weighted by Gasteiger charge is -2.34. The first-order valence-corrected chi connectivity index (χ1v) is 9.37. The van der Waals surface area contributed by atoms with Crippen LogP contribution in [0.2, 0.25) is 5.15 Å². The van der Waals surface area contributed by atoms with E-state index < -0.39 is 23.9 Å². The summed E-state index contributed by atoms with van der Waals surface area (Å²) in [5.41, 5.74) is 0.393. The van der Waals surface area contributed by atoms with Gasteiger partial charge in [-0.3, -0.25) is 0 Å². The molecular weight excluding hydrogens is 338 g/mol. The minimum Gasteiger partial charge on any atom is -0.399 e. The first-order chi connectivity index (χ1) is 11.5. The molecule has 1 aromatic rings. The lowest BCUT2D eigenvalue weighted by molar-refractivity contribution is 0.00578. The van der Waals surface area contributed by atoms with Crippen molar-refractivity contribution in [1.29, 1.82) is 0 Å². The summed E-state index contributed by atoms with van der Waals surface area (Å²) in [4.78, 5) is 4.22. The highest BCUT2D eigenvalue weighted by molar-refractivity contribution is 6.64. The summed E-state index contributed by atoms with van der Waals surface area (Å²) >= 11 is 6.13. The van der Waals surface area contributed by atoms with Gasteiger partial charge in [-0.15, -0.1) is 0 Å². The van der Waals surface area contributed by atoms with Crippen LogP contribution in [0.25, 0.3) is 0 Å². The number of anilines is 1. The molecule has 0 amide bonds. The molecule has 7 heteroatoms. The van der Waals surface area contributed by atoms with Crippen LogP contribution >= 0.6 is 11.6 Å². The van der Waals surface area contributed by atoms with Crippen LogP contribution in [0.1, 0.15) is 60.3 Å². The maximum Gasteiger partial charge on any atom is 0.498 e. The molecule has 2 fully saturated rings. The summed E-state index contributed by atoms with van der Waals surface area (Å²) in [5, 5.41) is 14.1. The normalized spacial score (nSPS) is 31.2. The molecule has 138 valence electrons. The lowest BCUT2D eigenvalue weighted by atomic mass is 9.78. The fourth-order valence-electron chi connectivity index (χ4n) is 3.33. The van der Waals surface area contributed by atoms with E-state index in [4.69, 9.17) is 20.9 Å². The molecule has 0 atom stereocenters. The van der Waals surface area contributed by atoms with Crippen molar-refractivity contribution in [2.75, 3.05) is 5.32 Å². The Hall–Kier alpha value is -0.815. The fourth-order valence-corrected chi connectivity index (χ4v) is 3.49. The molecule has 5 nitrogen and oxygen atoms in total. The van der Waals surface area contributed by atoms with Crippen molar-refractivity contribution in [1.82, 2.24) is 4.98 Å². The Balaban J connectivity index is 1.80. The lowest BCUT2D eigenvalue weighted by Crippen LogP contribution is -2.41. The topological polar surface area (TPSA) is 63.6 Å². The van der Waals surface area contributed by atoms with E-state index in [1.807, 2.05) is 40.7 Å². The van der Waals surface area contributed by atoms with Gasteiger partial charge in [0.15, 0.2) is 0 Å². The summed E-state index contributed by atoms with van der Waals surface area (Å²) < 4.78 is 12.3. The van der Waals surface area contributed by atoms with Crippen LogP contribution < -0.4 is 10.8 Å². The number of aromatic nitrogens is 1. The number of halogens is 1. The molecule has 0 bridgehead atoms. The smallest absolute Gasteiger partial charge is 0.399 e. The largest absolute Gasteiger partial charge is 0.498 e. The zero-order chi connectivity index (χ0) is 18.5. The van der Waals surface area contributed by atoms with E-state index in [1.165, 1.54) is 0 Å². The predicted molar refractivity (Wildman–Crippen MR) is 101 cm³/mol. The van der Waals surface area contributed by atoms with Gasteiger partial charge >= 0.3 is 7.12 Å². The Labute approximate surface area is 155 Å². The molecule has 1 aliphatic carbocycles. The van der Waals surface area contributed by atoms with E-state index in [2.05, 4.69) is 10.3 Å². The zero-order valence-corrected chi connectivity index (χ0v) is 16.5. The van der Waals surface area contributed by atoms with Crippen LogP contribution in [0.4, 0.5) is 5.69 Å². The SMILES string of the molecule is CC1(O)CCC(Nc2cc(Cl)ncc2B2OC(C)(C)C(C)(C)O2)CC1. The highest BCUT2D eigenvalue weighted by atomic mass is 35.5. The molecule has 2 N–H and O–H groups in total. The van der Waals surface area contributed by atoms with Gasteiger partial charge in [0.25, 0.3) is 0 Å². The first-order valence-electron chi connectivity index (χ1n) is 8.99. The van der Waals surface area contributed by atoms with Crippen molar-refractivity contribution in [3.05, 3.63) is 17.4 Å². The van der Waals surface area contributed by atoms with Crippen molar-refractivity contribution in [2.45, 2.75) is 83.1 Å². The number of nitrogens with one attached hydrogen (secondary N) is 1. The van der Waals surface area contributed by atoms with Crippen molar-refractivity contribution in [3.63, 3.8) is 0 Å². The molecule has 0 unspecified atom stereocenters. The average Bonchev–Trinajstić information content (AvgIpc) is 2.70. The fraction of sp³-hybridized carbons (Fsp3) is 0.722. The molecule has 1 saturated carbocycles. The second-order valence-electron chi connectivity index (χ2n) is 8.60. The maximum atomic E-state index is 10.1. The van der Waals surface area contributed by atoms with Gasteiger partial charge in [-0.25, -0.2) is 4.98 Å². The van der Waals surface area contributed by atoms with E-state index in [9.17, 15) is 5.11 Å². The van der Waals surface area contributed by atoms with Gasteiger partial charge in [-0.1, -0.05) is 11.6 Å². The standard InChI is InChI=1S/C18H28BClN2O3/c1-16(2)17(3,4)25-19(24-16)13-11-21-15(20)10-14(13)22-12-6-8-18(5,23)9-7-12/h10-12,23H,6-9H2,1-5H3,(H,21,22). The average molecular weight is 367 g/mol. The van der Waals surface area contributed by atoms with Crippen molar-refractivity contribution >= 4 is 29.9 Å². The molecule has 2 aliphatic rings. The first kappa shape index (κ1) is 19.0. The van der Waals surface area contributed by atoms with Gasteiger partial charge in [0, 0.05) is 23.4 Å². The molecule has 0 aromatic carbocycles. The monoisotopic (exact) mass is 366 g/mol. The highest BCUT2D eigenvalue weighted by Gasteiger charge is 2.52. The minimum absolute atomic E-state index is 0.292. The zero-order valence-electron chi connectivity index (χ0n) is 15.7. The van der Waals surface area contributed by atoms with Crippen molar-refractivity contribution in [2.24, 2.45) is 0 Å². The Morgan fingerprint density at radius 2 is 1.72 bits per heavy atom. The Bertz CT molecular complexity index is 625. The minimum atomic E-state index is -0.553. The van der Waals surface area contributed by atoms with E-state index >= 15 is 0 Å². The third kappa shape index (κ3) is 3.97. The summed E-state index contributed by atoms with van der Waals surface area (Å²) in [5.74, 6) is 0. The van der Waals surface area contributed by atoms with Crippen molar-refractivity contribution in [3.8, 4) is 0 Å². The second kappa shape index (κ2) is 6.41. The Kier molecular flexibility index (Phi) is 4.86. The van der Waals surface area contributed by atoms with Crippen LogP contribution in [-0.2, 0) is 9.31 Å². The van der Waals surface area contributed by atoms with E-state index in [0.717, 1.165) is 36.8 Å². The van der Waals surface area contributed by atoms with Gasteiger partial charge in [0.1, 0.15) is 5.15 Å². The number of rotatable bonds is 3. The Morgan fingerprint density at radius 1 is 1.16 bits per heavy atom. The number of aliphatic hydroxyl groups is 1. The molecule has 1 aliphatic heterocycles. The quantitative estimate of drug-likeness (QED) is 0.635. The van der Waals surface area contributed by atoms with Gasteiger partial charge in [0.05, 0.1) is 16.8 Å². The molecule has 1 aromatic heterocycles. The van der Waals surface area contributed by atoms with Gasteiger partial charge < -0.3 is 19.7 Å². The Morgan fingerprint density at radius 3 is 2.28 bits per heavy atom. The molecular formula is C18H28BClN2O3. The molecule has 3 rings (SSSR count). The van der Waals surface area contributed by atoms with E-state index in [1.54, 1.807) is 6.20 Å². The number of nitrogens with zero attached hydrogens (tertiary/aromatic N) is 1. The molecule has 0 radical (unpaired) electrons. The van der Waals surface area contributed by atoms with Gasteiger partial charge in [-0.2, -0.15) is 0 Å². The summed E-state index contributed by atoms with van der Waals surface area (Å²) in [6.07, 6.45) is 5.13. The summed E-state index contributed by atoms with van der Waals surface area (Å²) in [6.45, 7) is 10.0. The maximum absolute atomic E-state index is 10.1. The number of hydrogen-bond donors (Lipinski definition) is 2. The van der Waals surface area contributed by atoms with Gasteiger partial charge in [-0.05, 0) is 66.4 Å². The highest BCUT2D eigenvalue weighted by Crippen LogP contribution is 2.37. The summed E-state index contributed by atoms with van der Waals surface area (Å²) in [7, 11) is -0.482. The summed E-state index contributed by atoms with van der Waals surface area (Å²) in [6, 6.07) is 2.12. The molecule has 25 heavy (non-hydrogen) atoms. The van der Waals surface area contributed by atoms with Crippen LogP contribution in [0.5, 0.6) is 0 Å². The second-order valence-corrected chi connectivity index (χ2v) is 8.99. The van der Waals surface area contributed by atoms with Crippen LogP contribution in [0.15, 0.2) is 12.3 Å². The third-order valence-electron chi connectivity index (χ3n) is 5.83. The molecule has 2 heterocycles. The van der Waals surface area contributed by atoms with Crippen LogP contribution in [-0.4, -0.2) is 40.1 Å². The molecule has 1 saturated heterocycles. The van der Waals surface area contributed by atoms with Crippen LogP contribution in [0.3, 0.4) is 0 Å². The van der Waals surface area contributed by atoms with Crippen LogP contribution in [0, 0.1) is 0 Å². The van der Waals surface area contributed by atoms with E-state index in [0.29, 0.717) is 11.2 Å². The van der Waals surface area contributed by atoms with Gasteiger partial charge in [0.2, 0.25) is 0 Å². The van der Waals surface area contributed by atoms with E-state index in [-0.39, 0.29) is 0 Å². The third-order valence-corrected chi connectivity index (χ3v) is 6.04. The number of hydrogen-bond acceptors (Lipinski definition) is 5. The predicted octanol–water partition coefficient (Wildman–Crippen LogP) is 3.14. The number of pyridine rings is 1.